The molecule has 0 saturated heterocycles. The Labute approximate surface area is 89.9 Å². The average molecular weight is 237 g/mol. The van der Waals surface area contributed by atoms with Gasteiger partial charge >= 0.3 is 5.92 Å². The molecule has 1 nitrogen and oxygen atoms in total. The average Bonchev–Trinajstić information content (AvgIpc) is 2.08. The Bertz CT molecular complexity index is 410. The normalized spacial score (nSPS) is 11.6. The first-order valence-electron chi connectivity index (χ1n) is 4.11. The maximum absolute atomic E-state index is 13.3. The standard InChI is InChI=1S/C10H8ClF3O/c1-5-3-6(8(12)7(11)4-5)9(15)10(2,13)14/h3-4H,1-2H3. The van der Waals surface area contributed by atoms with E-state index in [4.69, 9.17) is 11.6 Å². The third-order valence-electron chi connectivity index (χ3n) is 1.82. The number of benzene rings is 1. The lowest BCUT2D eigenvalue weighted by atomic mass is 10.0. The molecular formula is C10H8ClF3O. The van der Waals surface area contributed by atoms with Crippen LogP contribution in [0.5, 0.6) is 0 Å². The number of ketones is 1. The van der Waals surface area contributed by atoms with Gasteiger partial charge in [-0.1, -0.05) is 11.6 Å². The van der Waals surface area contributed by atoms with Gasteiger partial charge in [0.05, 0.1) is 10.6 Å². The van der Waals surface area contributed by atoms with Gasteiger partial charge in [-0.25, -0.2) is 4.39 Å². The molecule has 0 radical (unpaired) electrons. The van der Waals surface area contributed by atoms with Crippen molar-refractivity contribution in [1.29, 1.82) is 0 Å². The summed E-state index contributed by atoms with van der Waals surface area (Å²) in [5, 5.41) is -0.331. The lowest BCUT2D eigenvalue weighted by molar-refractivity contribution is 0.0217. The van der Waals surface area contributed by atoms with E-state index in [0.29, 0.717) is 12.5 Å². The summed E-state index contributed by atoms with van der Waals surface area (Å²) >= 11 is 5.44. The van der Waals surface area contributed by atoms with Crippen LogP contribution in [0.4, 0.5) is 13.2 Å². The zero-order valence-electron chi connectivity index (χ0n) is 8.07. The first kappa shape index (κ1) is 12.0. The van der Waals surface area contributed by atoms with E-state index in [1.807, 2.05) is 0 Å². The topological polar surface area (TPSA) is 17.1 Å². The van der Waals surface area contributed by atoms with Crippen LogP contribution in [-0.4, -0.2) is 11.7 Å². The van der Waals surface area contributed by atoms with Gasteiger partial charge in [0.2, 0.25) is 5.78 Å². The predicted octanol–water partition coefficient (Wildman–Crippen LogP) is 3.63. The molecule has 0 spiro atoms. The van der Waals surface area contributed by atoms with Crippen molar-refractivity contribution in [3.8, 4) is 0 Å². The molecule has 82 valence electrons. The first-order chi connectivity index (χ1) is 6.73. The molecule has 0 unspecified atom stereocenters. The van der Waals surface area contributed by atoms with E-state index >= 15 is 0 Å². The van der Waals surface area contributed by atoms with Crippen molar-refractivity contribution in [1.82, 2.24) is 0 Å². The van der Waals surface area contributed by atoms with Gasteiger partial charge in [-0.15, -0.1) is 0 Å². The van der Waals surface area contributed by atoms with Crippen molar-refractivity contribution < 1.29 is 18.0 Å². The van der Waals surface area contributed by atoms with Crippen molar-refractivity contribution >= 4 is 17.4 Å². The second kappa shape index (κ2) is 3.85. The molecule has 1 aromatic rings. The molecule has 0 amide bonds. The Kier molecular flexibility index (Phi) is 3.09. The number of aryl methyl sites for hydroxylation is 1. The zero-order chi connectivity index (χ0) is 11.8. The predicted molar refractivity (Wildman–Crippen MR) is 51.1 cm³/mol. The third kappa shape index (κ3) is 2.50. The van der Waals surface area contributed by atoms with Crippen LogP contribution in [0.1, 0.15) is 22.8 Å². The van der Waals surface area contributed by atoms with E-state index in [0.717, 1.165) is 6.07 Å². The van der Waals surface area contributed by atoms with E-state index in [1.54, 1.807) is 0 Å². The molecular weight excluding hydrogens is 229 g/mol. The highest BCUT2D eigenvalue weighted by molar-refractivity contribution is 6.31. The SMILES string of the molecule is Cc1cc(Cl)c(F)c(C(=O)C(C)(F)F)c1. The quantitative estimate of drug-likeness (QED) is 0.717. The van der Waals surface area contributed by atoms with Crippen LogP contribution in [0.3, 0.4) is 0 Å². The summed E-state index contributed by atoms with van der Waals surface area (Å²) in [5.41, 5.74) is -0.221. The molecule has 0 N–H and O–H groups in total. The first-order valence-corrected chi connectivity index (χ1v) is 4.49. The third-order valence-corrected chi connectivity index (χ3v) is 2.09. The number of hydrogen-bond donors (Lipinski definition) is 0. The van der Waals surface area contributed by atoms with Gasteiger partial charge in [0.1, 0.15) is 0 Å². The van der Waals surface area contributed by atoms with E-state index in [-0.39, 0.29) is 5.02 Å². The molecule has 0 aromatic heterocycles. The Balaban J connectivity index is 3.32. The number of halogens is 4. The highest BCUT2D eigenvalue weighted by Gasteiger charge is 2.35. The van der Waals surface area contributed by atoms with Crippen LogP contribution < -0.4 is 0 Å². The minimum Gasteiger partial charge on any atom is -0.287 e. The van der Waals surface area contributed by atoms with Crippen LogP contribution in [-0.2, 0) is 0 Å². The van der Waals surface area contributed by atoms with E-state index in [1.165, 1.54) is 13.0 Å². The molecule has 0 saturated carbocycles. The van der Waals surface area contributed by atoms with Gasteiger partial charge < -0.3 is 0 Å². The largest absolute Gasteiger partial charge is 0.307 e. The molecule has 0 heterocycles. The highest BCUT2D eigenvalue weighted by Crippen LogP contribution is 2.26. The Morgan fingerprint density at radius 2 is 1.93 bits per heavy atom. The fourth-order valence-corrected chi connectivity index (χ4v) is 1.40. The summed E-state index contributed by atoms with van der Waals surface area (Å²) in [5.74, 6) is -6.27. The molecule has 1 rings (SSSR count). The minimum atomic E-state index is -3.60. The van der Waals surface area contributed by atoms with E-state index in [9.17, 15) is 18.0 Å². The molecule has 15 heavy (non-hydrogen) atoms. The van der Waals surface area contributed by atoms with Gasteiger partial charge in [0.15, 0.2) is 5.82 Å². The smallest absolute Gasteiger partial charge is 0.287 e. The van der Waals surface area contributed by atoms with Gasteiger partial charge in [-0.05, 0) is 24.6 Å². The van der Waals surface area contributed by atoms with Crippen molar-refractivity contribution in [3.05, 3.63) is 34.1 Å². The van der Waals surface area contributed by atoms with Crippen LogP contribution in [0, 0.1) is 12.7 Å². The van der Waals surface area contributed by atoms with Gasteiger partial charge in [0.25, 0.3) is 0 Å². The summed E-state index contributed by atoms with van der Waals surface area (Å²) in [6.45, 7) is 1.96. The van der Waals surface area contributed by atoms with Crippen LogP contribution in [0.2, 0.25) is 5.02 Å². The molecule has 0 bridgehead atoms. The Morgan fingerprint density at radius 3 is 2.40 bits per heavy atom. The molecule has 0 aliphatic rings. The molecule has 0 aliphatic carbocycles. The lowest BCUT2D eigenvalue weighted by Gasteiger charge is -2.10. The molecule has 0 fully saturated rings. The number of carbonyl (C=O) groups excluding carboxylic acids is 1. The monoisotopic (exact) mass is 236 g/mol. The molecule has 0 aliphatic heterocycles. The summed E-state index contributed by atoms with van der Waals surface area (Å²) in [6.07, 6.45) is 0. The molecule has 5 heteroatoms. The van der Waals surface area contributed by atoms with Gasteiger partial charge in [-0.3, -0.25) is 4.79 Å². The number of rotatable bonds is 2. The summed E-state index contributed by atoms with van der Waals surface area (Å²) in [4.78, 5) is 11.1. The van der Waals surface area contributed by atoms with Gasteiger partial charge in [0, 0.05) is 6.92 Å². The number of carbonyl (C=O) groups is 1. The van der Waals surface area contributed by atoms with Crippen molar-refractivity contribution in [2.75, 3.05) is 0 Å². The molecule has 1 aromatic carbocycles. The lowest BCUT2D eigenvalue weighted by Crippen LogP contribution is -2.25. The van der Waals surface area contributed by atoms with Crippen LogP contribution >= 0.6 is 11.6 Å². The number of alkyl halides is 2. The van der Waals surface area contributed by atoms with Crippen LogP contribution in [0.15, 0.2) is 12.1 Å². The van der Waals surface area contributed by atoms with Crippen molar-refractivity contribution in [3.63, 3.8) is 0 Å². The van der Waals surface area contributed by atoms with Crippen LogP contribution in [0.25, 0.3) is 0 Å². The summed E-state index contributed by atoms with van der Waals surface area (Å²) < 4.78 is 38.6. The highest BCUT2D eigenvalue weighted by atomic mass is 35.5. The maximum Gasteiger partial charge on any atom is 0.307 e. The fraction of sp³-hybridized carbons (Fsp3) is 0.300. The van der Waals surface area contributed by atoms with Crippen molar-refractivity contribution in [2.45, 2.75) is 19.8 Å². The van der Waals surface area contributed by atoms with E-state index < -0.39 is 23.1 Å². The second-order valence-electron chi connectivity index (χ2n) is 3.33. The maximum atomic E-state index is 13.3. The van der Waals surface area contributed by atoms with E-state index in [2.05, 4.69) is 0 Å². The Hall–Kier alpha value is -1.03. The van der Waals surface area contributed by atoms with Gasteiger partial charge in [-0.2, -0.15) is 8.78 Å². The number of Topliss-reactive ketones (excluding diaryl/α,β-unsaturated/α-hetero) is 1. The number of hydrogen-bond acceptors (Lipinski definition) is 1. The second-order valence-corrected chi connectivity index (χ2v) is 3.73. The Morgan fingerprint density at radius 1 is 1.40 bits per heavy atom. The minimum absolute atomic E-state index is 0.331. The van der Waals surface area contributed by atoms with Crippen molar-refractivity contribution in [2.24, 2.45) is 0 Å². The fourth-order valence-electron chi connectivity index (χ4n) is 1.13. The summed E-state index contributed by atoms with van der Waals surface area (Å²) in [6, 6.07) is 2.32. The zero-order valence-corrected chi connectivity index (χ0v) is 8.83. The summed E-state index contributed by atoms with van der Waals surface area (Å²) in [7, 11) is 0. The molecule has 0 atom stereocenters.